The van der Waals surface area contributed by atoms with Gasteiger partial charge in [-0.1, -0.05) is 42.5 Å². The number of aryl methyl sites for hydroxylation is 3. The summed E-state index contributed by atoms with van der Waals surface area (Å²) in [6.45, 7) is 1.79. The number of aromatic nitrogens is 2. The molecule has 2 aromatic carbocycles. The molecule has 0 aliphatic carbocycles. The van der Waals surface area contributed by atoms with Crippen LogP contribution in [-0.2, 0) is 19.9 Å². The fourth-order valence-corrected chi connectivity index (χ4v) is 3.09. The van der Waals surface area contributed by atoms with Crippen LogP contribution in [0.25, 0.3) is 11.1 Å². The van der Waals surface area contributed by atoms with Crippen LogP contribution in [0.4, 0.5) is 5.95 Å². The molecule has 0 spiro atoms. The van der Waals surface area contributed by atoms with Crippen molar-refractivity contribution in [1.82, 2.24) is 9.55 Å². The van der Waals surface area contributed by atoms with Crippen molar-refractivity contribution < 1.29 is 9.90 Å². The summed E-state index contributed by atoms with van der Waals surface area (Å²) in [5.41, 5.74) is 9.83. The lowest BCUT2D eigenvalue weighted by molar-refractivity contribution is 0.0697. The molecule has 138 valence electrons. The molecule has 27 heavy (non-hydrogen) atoms. The zero-order valence-corrected chi connectivity index (χ0v) is 15.3. The van der Waals surface area contributed by atoms with Crippen LogP contribution in [0.3, 0.4) is 0 Å². The maximum absolute atomic E-state index is 11.8. The topological polar surface area (TPSA) is 98.2 Å². The third-order valence-electron chi connectivity index (χ3n) is 4.62. The molecule has 0 radical (unpaired) electrons. The summed E-state index contributed by atoms with van der Waals surface area (Å²) in [6.07, 6.45) is 1.24. The van der Waals surface area contributed by atoms with Gasteiger partial charge in [0.15, 0.2) is 0 Å². The van der Waals surface area contributed by atoms with Crippen LogP contribution in [0, 0.1) is 6.92 Å². The second kappa shape index (κ2) is 7.45. The molecule has 0 aliphatic rings. The summed E-state index contributed by atoms with van der Waals surface area (Å²) in [5, 5.41) is 9.55. The van der Waals surface area contributed by atoms with Gasteiger partial charge in [0.1, 0.15) is 0 Å². The highest BCUT2D eigenvalue weighted by Crippen LogP contribution is 2.27. The molecule has 6 heteroatoms. The Morgan fingerprint density at radius 3 is 2.59 bits per heavy atom. The van der Waals surface area contributed by atoms with E-state index in [1.54, 1.807) is 20.0 Å². The van der Waals surface area contributed by atoms with E-state index < -0.39 is 5.97 Å². The van der Waals surface area contributed by atoms with E-state index in [4.69, 9.17) is 5.73 Å². The number of nitrogens with zero attached hydrogens (tertiary/aromatic N) is 2. The van der Waals surface area contributed by atoms with Gasteiger partial charge in [-0.3, -0.25) is 9.36 Å². The number of carboxylic acid groups (broad SMARTS) is 1. The van der Waals surface area contributed by atoms with Gasteiger partial charge in [0.05, 0.1) is 11.3 Å². The number of aromatic carboxylic acids is 1. The molecule has 0 fully saturated rings. The van der Waals surface area contributed by atoms with E-state index in [0.717, 1.165) is 16.7 Å². The number of rotatable bonds is 5. The third kappa shape index (κ3) is 3.89. The molecule has 0 unspecified atom stereocenters. The second-order valence-corrected chi connectivity index (χ2v) is 6.51. The van der Waals surface area contributed by atoms with Crippen molar-refractivity contribution >= 4 is 11.9 Å². The molecule has 1 aromatic heterocycles. The fourth-order valence-electron chi connectivity index (χ4n) is 3.09. The highest BCUT2D eigenvalue weighted by molar-refractivity contribution is 5.97. The van der Waals surface area contributed by atoms with Crippen LogP contribution in [0.5, 0.6) is 0 Å². The third-order valence-corrected chi connectivity index (χ3v) is 4.62. The van der Waals surface area contributed by atoms with E-state index in [2.05, 4.69) is 4.98 Å². The lowest BCUT2D eigenvalue weighted by atomic mass is 9.94. The van der Waals surface area contributed by atoms with Crippen LogP contribution >= 0.6 is 0 Å². The lowest BCUT2D eigenvalue weighted by Crippen LogP contribution is -2.21. The van der Waals surface area contributed by atoms with Crippen LogP contribution in [0.2, 0.25) is 0 Å². The highest BCUT2D eigenvalue weighted by Gasteiger charge is 2.14. The predicted molar refractivity (Wildman–Crippen MR) is 105 cm³/mol. The van der Waals surface area contributed by atoms with Crippen molar-refractivity contribution in [2.75, 3.05) is 5.73 Å². The van der Waals surface area contributed by atoms with E-state index in [1.807, 2.05) is 36.4 Å². The standard InChI is InChI=1S/C21H21N3O3/c1-13-5-3-8-17(19(13)20(26)27)15-7-4-6-14(11-15)9-10-16-12-18(25)24(2)21(22)23-16/h3-8,11-12H,9-10H2,1-2H3,(H2,22,23)(H,26,27). The zero-order valence-electron chi connectivity index (χ0n) is 15.3. The number of nitrogen functional groups attached to an aromatic ring is 1. The van der Waals surface area contributed by atoms with Gasteiger partial charge in [-0.15, -0.1) is 0 Å². The number of anilines is 1. The maximum Gasteiger partial charge on any atom is 0.336 e. The first kappa shape index (κ1) is 18.4. The van der Waals surface area contributed by atoms with Gasteiger partial charge in [-0.2, -0.15) is 0 Å². The van der Waals surface area contributed by atoms with Gasteiger partial charge in [0, 0.05) is 13.1 Å². The fraction of sp³-hybridized carbons (Fsp3) is 0.190. The van der Waals surface area contributed by atoms with Gasteiger partial charge in [-0.05, 0) is 42.0 Å². The number of hydrogen-bond donors (Lipinski definition) is 2. The Morgan fingerprint density at radius 1 is 1.15 bits per heavy atom. The lowest BCUT2D eigenvalue weighted by Gasteiger charge is -2.11. The molecule has 0 atom stereocenters. The monoisotopic (exact) mass is 363 g/mol. The van der Waals surface area contributed by atoms with Crippen molar-refractivity contribution in [3.05, 3.63) is 81.3 Å². The van der Waals surface area contributed by atoms with Crippen molar-refractivity contribution in [2.24, 2.45) is 7.05 Å². The normalized spacial score (nSPS) is 10.7. The van der Waals surface area contributed by atoms with Crippen LogP contribution in [0.1, 0.15) is 27.2 Å². The summed E-state index contributed by atoms with van der Waals surface area (Å²) in [6, 6.07) is 14.7. The molecule has 6 nitrogen and oxygen atoms in total. The number of carboxylic acids is 1. The van der Waals surface area contributed by atoms with Crippen molar-refractivity contribution in [3.63, 3.8) is 0 Å². The molecule has 3 aromatic rings. The van der Waals surface area contributed by atoms with E-state index in [-0.39, 0.29) is 11.5 Å². The summed E-state index contributed by atoms with van der Waals surface area (Å²) < 4.78 is 1.30. The molecule has 0 bridgehead atoms. The highest BCUT2D eigenvalue weighted by atomic mass is 16.4. The van der Waals surface area contributed by atoms with Gasteiger partial charge in [0.2, 0.25) is 5.95 Å². The summed E-state index contributed by atoms with van der Waals surface area (Å²) >= 11 is 0. The number of carbonyl (C=O) groups is 1. The van der Waals surface area contributed by atoms with Gasteiger partial charge >= 0.3 is 5.97 Å². The number of hydrogen-bond acceptors (Lipinski definition) is 4. The minimum absolute atomic E-state index is 0.183. The minimum Gasteiger partial charge on any atom is -0.478 e. The quantitative estimate of drug-likeness (QED) is 0.726. The summed E-state index contributed by atoms with van der Waals surface area (Å²) in [4.78, 5) is 27.7. The summed E-state index contributed by atoms with van der Waals surface area (Å²) in [7, 11) is 1.58. The van der Waals surface area contributed by atoms with E-state index >= 15 is 0 Å². The Bertz CT molecular complexity index is 1070. The average Bonchev–Trinajstić information content (AvgIpc) is 2.64. The molecular formula is C21H21N3O3. The van der Waals surface area contributed by atoms with E-state index in [0.29, 0.717) is 29.7 Å². The predicted octanol–water partition coefficient (Wildman–Crippen LogP) is 2.82. The van der Waals surface area contributed by atoms with Gasteiger partial charge in [0.25, 0.3) is 5.56 Å². The SMILES string of the molecule is Cc1cccc(-c2cccc(CCc3cc(=O)n(C)c(N)n3)c2)c1C(=O)O. The Balaban J connectivity index is 1.88. The Kier molecular flexibility index (Phi) is 5.07. The number of benzene rings is 2. The molecule has 0 aliphatic heterocycles. The average molecular weight is 363 g/mol. The molecule has 0 saturated heterocycles. The zero-order chi connectivity index (χ0) is 19.6. The van der Waals surface area contributed by atoms with Crippen molar-refractivity contribution in [3.8, 4) is 11.1 Å². The van der Waals surface area contributed by atoms with Crippen LogP contribution in [0.15, 0.2) is 53.3 Å². The first-order chi connectivity index (χ1) is 12.9. The molecule has 3 rings (SSSR count). The van der Waals surface area contributed by atoms with Crippen LogP contribution in [-0.4, -0.2) is 20.6 Å². The van der Waals surface area contributed by atoms with E-state index in [9.17, 15) is 14.7 Å². The minimum atomic E-state index is -0.937. The number of nitrogens with two attached hydrogens (primary N) is 1. The Labute approximate surface area is 156 Å². The van der Waals surface area contributed by atoms with Crippen LogP contribution < -0.4 is 11.3 Å². The smallest absolute Gasteiger partial charge is 0.336 e. The molecule has 1 heterocycles. The molecular weight excluding hydrogens is 342 g/mol. The maximum atomic E-state index is 11.8. The molecule has 0 saturated carbocycles. The van der Waals surface area contributed by atoms with Crippen molar-refractivity contribution in [1.29, 1.82) is 0 Å². The largest absolute Gasteiger partial charge is 0.478 e. The second-order valence-electron chi connectivity index (χ2n) is 6.51. The first-order valence-corrected chi connectivity index (χ1v) is 8.61. The van der Waals surface area contributed by atoms with Gasteiger partial charge in [-0.25, -0.2) is 9.78 Å². The summed E-state index contributed by atoms with van der Waals surface area (Å²) in [5.74, 6) is -0.745. The Hall–Kier alpha value is -3.41. The van der Waals surface area contributed by atoms with E-state index in [1.165, 1.54) is 10.6 Å². The Morgan fingerprint density at radius 2 is 1.89 bits per heavy atom. The molecule has 3 N–H and O–H groups in total. The van der Waals surface area contributed by atoms with Crippen molar-refractivity contribution in [2.45, 2.75) is 19.8 Å². The molecule has 0 amide bonds. The van der Waals surface area contributed by atoms with Gasteiger partial charge < -0.3 is 10.8 Å². The first-order valence-electron chi connectivity index (χ1n) is 8.61.